The molecule has 7 heavy (non-hydrogen) atoms. The summed E-state index contributed by atoms with van der Waals surface area (Å²) in [5.74, 6) is 0. The molecule has 0 spiro atoms. The van der Waals surface area contributed by atoms with Gasteiger partial charge in [-0.3, -0.25) is 0 Å². The van der Waals surface area contributed by atoms with Crippen LogP contribution in [0, 0.1) is 4.91 Å². The van der Waals surface area contributed by atoms with Crippen molar-refractivity contribution >= 4 is 0 Å². The molecule has 0 aromatic carbocycles. The number of nitroso groups, excluding NO2 is 1. The zero-order valence-corrected chi connectivity index (χ0v) is 4.42. The Morgan fingerprint density at radius 2 is 2.43 bits per heavy atom. The number of hydrogen-bond acceptors (Lipinski definition) is 3. The van der Waals surface area contributed by atoms with Gasteiger partial charge in [-0.25, -0.2) is 5.01 Å². The average molecular weight is 104 g/mol. The molecule has 0 bridgehead atoms. The fourth-order valence-electron chi connectivity index (χ4n) is 0.210. The molecule has 0 heterocycles. The summed E-state index contributed by atoms with van der Waals surface area (Å²) in [6, 6.07) is 0. The van der Waals surface area contributed by atoms with Crippen molar-refractivity contribution in [1.82, 2.24) is 5.01 Å². The van der Waals surface area contributed by atoms with Gasteiger partial charge in [0.15, 0.2) is 0 Å². The standard InChI is InChI=1S/C3H8N2O2/c1-5(4-6)3-7-2/h3H2,1-2H3. The van der Waals surface area contributed by atoms with E-state index >= 15 is 0 Å². The molecule has 0 N–H and O–H groups in total. The lowest BCUT2D eigenvalue weighted by Crippen LogP contribution is -2.12. The van der Waals surface area contributed by atoms with Crippen LogP contribution in [-0.2, 0) is 4.74 Å². The predicted octanol–water partition coefficient (Wildman–Crippen LogP) is 0.204. The van der Waals surface area contributed by atoms with E-state index in [-0.39, 0.29) is 6.73 Å². The Kier molecular flexibility index (Phi) is 3.22. The van der Waals surface area contributed by atoms with Gasteiger partial charge in [0, 0.05) is 14.2 Å². The molecule has 0 atom stereocenters. The molecule has 4 nitrogen and oxygen atoms in total. The molecule has 0 unspecified atom stereocenters. The zero-order valence-electron chi connectivity index (χ0n) is 4.42. The Bertz CT molecular complexity index is 56.9. The fraction of sp³-hybridized carbons (Fsp3) is 1.00. The van der Waals surface area contributed by atoms with Gasteiger partial charge in [-0.2, -0.15) is 0 Å². The van der Waals surface area contributed by atoms with Crippen LogP contribution < -0.4 is 0 Å². The van der Waals surface area contributed by atoms with Crippen molar-refractivity contribution in [3.05, 3.63) is 4.91 Å². The number of nitrogens with zero attached hydrogens (tertiary/aromatic N) is 2. The van der Waals surface area contributed by atoms with Crippen LogP contribution in [0.1, 0.15) is 0 Å². The molecule has 0 rings (SSSR count). The summed E-state index contributed by atoms with van der Waals surface area (Å²) in [6.45, 7) is 0.253. The first-order valence-electron chi connectivity index (χ1n) is 1.84. The van der Waals surface area contributed by atoms with Gasteiger partial charge in [-0.05, 0) is 0 Å². The van der Waals surface area contributed by atoms with Crippen molar-refractivity contribution in [3.63, 3.8) is 0 Å². The molecule has 0 amide bonds. The zero-order chi connectivity index (χ0) is 5.70. The maximum absolute atomic E-state index is 9.49. The van der Waals surface area contributed by atoms with E-state index < -0.39 is 0 Å². The van der Waals surface area contributed by atoms with Crippen LogP contribution in [0.4, 0.5) is 0 Å². The summed E-state index contributed by atoms with van der Waals surface area (Å²) in [4.78, 5) is 9.49. The molecule has 4 heteroatoms. The van der Waals surface area contributed by atoms with E-state index in [1.807, 2.05) is 0 Å². The molecular formula is C3H8N2O2. The molecular weight excluding hydrogens is 96.0 g/mol. The highest BCUT2D eigenvalue weighted by Crippen LogP contribution is 1.78. The number of rotatable bonds is 3. The number of ether oxygens (including phenoxy) is 1. The van der Waals surface area contributed by atoms with E-state index in [1.165, 1.54) is 14.2 Å². The van der Waals surface area contributed by atoms with Crippen molar-refractivity contribution in [2.75, 3.05) is 20.9 Å². The molecule has 0 saturated carbocycles. The first-order valence-corrected chi connectivity index (χ1v) is 1.84. The van der Waals surface area contributed by atoms with E-state index in [4.69, 9.17) is 0 Å². The third kappa shape index (κ3) is 3.18. The highest BCUT2D eigenvalue weighted by atomic mass is 16.5. The van der Waals surface area contributed by atoms with E-state index in [9.17, 15) is 4.91 Å². The van der Waals surface area contributed by atoms with Crippen LogP contribution in [0.25, 0.3) is 0 Å². The van der Waals surface area contributed by atoms with E-state index in [1.54, 1.807) is 0 Å². The SMILES string of the molecule is COCN(C)N=O. The van der Waals surface area contributed by atoms with Crippen molar-refractivity contribution in [3.8, 4) is 0 Å². The second-order valence-corrected chi connectivity index (χ2v) is 1.16. The van der Waals surface area contributed by atoms with Crippen LogP contribution in [0.2, 0.25) is 0 Å². The minimum atomic E-state index is 0.253. The van der Waals surface area contributed by atoms with Crippen LogP contribution in [0.15, 0.2) is 5.29 Å². The normalized spacial score (nSPS) is 8.29. The van der Waals surface area contributed by atoms with E-state index in [0.29, 0.717) is 0 Å². The first kappa shape index (κ1) is 6.36. The molecule has 0 aliphatic rings. The molecule has 0 aromatic rings. The fourth-order valence-corrected chi connectivity index (χ4v) is 0.210. The molecule has 0 fully saturated rings. The van der Waals surface area contributed by atoms with Crippen LogP contribution in [-0.4, -0.2) is 25.9 Å². The third-order valence-corrected chi connectivity index (χ3v) is 0.455. The first-order chi connectivity index (χ1) is 3.31. The second-order valence-electron chi connectivity index (χ2n) is 1.16. The lowest BCUT2D eigenvalue weighted by molar-refractivity contribution is 0.0829. The minimum absolute atomic E-state index is 0.253. The summed E-state index contributed by atoms with van der Waals surface area (Å²) in [7, 11) is 3.04. The Morgan fingerprint density at radius 1 is 1.86 bits per heavy atom. The highest BCUT2D eigenvalue weighted by Gasteiger charge is 1.86. The Morgan fingerprint density at radius 3 is 2.57 bits per heavy atom. The van der Waals surface area contributed by atoms with E-state index in [2.05, 4.69) is 10.0 Å². The third-order valence-electron chi connectivity index (χ3n) is 0.455. The van der Waals surface area contributed by atoms with Crippen molar-refractivity contribution in [2.24, 2.45) is 5.29 Å². The lowest BCUT2D eigenvalue weighted by Gasteiger charge is -2.03. The van der Waals surface area contributed by atoms with Gasteiger partial charge in [-0.1, -0.05) is 0 Å². The van der Waals surface area contributed by atoms with Gasteiger partial charge in [0.2, 0.25) is 0 Å². The quantitative estimate of drug-likeness (QED) is 0.292. The Labute approximate surface area is 42.0 Å². The van der Waals surface area contributed by atoms with E-state index in [0.717, 1.165) is 5.01 Å². The predicted molar refractivity (Wildman–Crippen MR) is 25.4 cm³/mol. The lowest BCUT2D eigenvalue weighted by atomic mass is 11.1. The minimum Gasteiger partial charge on any atom is -0.363 e. The van der Waals surface area contributed by atoms with Gasteiger partial charge in [0.05, 0.1) is 5.29 Å². The second kappa shape index (κ2) is 3.55. The smallest absolute Gasteiger partial charge is 0.137 e. The highest BCUT2D eigenvalue weighted by molar-refractivity contribution is 4.24. The largest absolute Gasteiger partial charge is 0.363 e. The van der Waals surface area contributed by atoms with Crippen molar-refractivity contribution in [1.29, 1.82) is 0 Å². The van der Waals surface area contributed by atoms with Gasteiger partial charge < -0.3 is 4.74 Å². The summed E-state index contributed by atoms with van der Waals surface area (Å²) < 4.78 is 4.53. The summed E-state index contributed by atoms with van der Waals surface area (Å²) in [6.07, 6.45) is 0. The van der Waals surface area contributed by atoms with Gasteiger partial charge in [-0.15, -0.1) is 4.91 Å². The molecule has 0 saturated heterocycles. The van der Waals surface area contributed by atoms with Gasteiger partial charge in [0.1, 0.15) is 6.73 Å². The van der Waals surface area contributed by atoms with Crippen molar-refractivity contribution in [2.45, 2.75) is 0 Å². The monoisotopic (exact) mass is 104 g/mol. The molecule has 0 aliphatic carbocycles. The maximum Gasteiger partial charge on any atom is 0.137 e. The van der Waals surface area contributed by atoms with Gasteiger partial charge in [0.25, 0.3) is 0 Å². The van der Waals surface area contributed by atoms with Gasteiger partial charge >= 0.3 is 0 Å². The summed E-state index contributed by atoms with van der Waals surface area (Å²) in [5.41, 5.74) is 0. The molecule has 42 valence electrons. The molecule has 0 radical (unpaired) electrons. The number of hydrogen-bond donors (Lipinski definition) is 0. The number of methoxy groups -OCH3 is 1. The van der Waals surface area contributed by atoms with Crippen LogP contribution in [0.5, 0.6) is 0 Å². The Balaban J connectivity index is 2.98. The summed E-state index contributed by atoms with van der Waals surface area (Å²) >= 11 is 0. The topological polar surface area (TPSA) is 41.9 Å². The molecule has 0 aliphatic heterocycles. The van der Waals surface area contributed by atoms with Crippen molar-refractivity contribution < 1.29 is 4.74 Å². The van der Waals surface area contributed by atoms with Crippen LogP contribution in [0.3, 0.4) is 0 Å². The average Bonchev–Trinajstić information content (AvgIpc) is 1.68. The molecule has 0 aromatic heterocycles. The van der Waals surface area contributed by atoms with Crippen LogP contribution >= 0.6 is 0 Å². The summed E-state index contributed by atoms with van der Waals surface area (Å²) in [5, 5.41) is 3.69. The maximum atomic E-state index is 9.49. The Hall–Kier alpha value is -0.640.